The molecule has 0 unspecified atom stereocenters. The van der Waals surface area contributed by atoms with Crippen molar-refractivity contribution >= 4 is 63.5 Å². The lowest BCUT2D eigenvalue weighted by atomic mass is 10.3. The molecule has 2 aromatic heterocycles. The SMILES string of the molecule is c1ccc2sc3cc4[nH]c5ccccc5sc4cc3[nH]c2c1. The molecule has 0 aliphatic carbocycles. The molecule has 5 rings (SSSR count). The molecule has 0 bridgehead atoms. The molecule has 5 aromatic rings. The lowest BCUT2D eigenvalue weighted by molar-refractivity contribution is 1.51. The number of para-hydroxylation sites is 2. The van der Waals surface area contributed by atoms with Gasteiger partial charge in [0.1, 0.15) is 0 Å². The van der Waals surface area contributed by atoms with Gasteiger partial charge in [0.05, 0.1) is 40.9 Å². The summed E-state index contributed by atoms with van der Waals surface area (Å²) in [5.41, 5.74) is 4.76. The van der Waals surface area contributed by atoms with Crippen LogP contribution < -0.4 is 0 Å². The van der Waals surface area contributed by atoms with Crippen LogP contribution in [0.25, 0.3) is 40.9 Å². The number of aromatic amines is 2. The Kier molecular flexibility index (Phi) is 2.56. The Morgan fingerprint density at radius 3 is 1.45 bits per heavy atom. The van der Waals surface area contributed by atoms with E-state index in [1.54, 1.807) is 0 Å². The molecule has 0 spiro atoms. The van der Waals surface area contributed by atoms with Gasteiger partial charge < -0.3 is 9.97 Å². The van der Waals surface area contributed by atoms with Gasteiger partial charge in [-0.25, -0.2) is 0 Å². The highest BCUT2D eigenvalue weighted by Crippen LogP contribution is 2.32. The highest BCUT2D eigenvalue weighted by Gasteiger charge is 2.04. The van der Waals surface area contributed by atoms with Crippen molar-refractivity contribution in [2.75, 3.05) is 0 Å². The van der Waals surface area contributed by atoms with Gasteiger partial charge in [-0.1, -0.05) is 24.3 Å². The second kappa shape index (κ2) is 4.60. The minimum absolute atomic E-state index is 1.19. The van der Waals surface area contributed by atoms with Crippen molar-refractivity contribution in [3.05, 3.63) is 60.7 Å². The summed E-state index contributed by atoms with van der Waals surface area (Å²) in [5, 5.41) is 0. The van der Waals surface area contributed by atoms with Crippen LogP contribution in [0.2, 0.25) is 0 Å². The third-order valence-corrected chi connectivity index (χ3v) is 6.10. The van der Waals surface area contributed by atoms with Crippen LogP contribution in [0.5, 0.6) is 0 Å². The van der Waals surface area contributed by atoms with Gasteiger partial charge in [-0.3, -0.25) is 0 Å². The van der Waals surface area contributed by atoms with E-state index in [0.29, 0.717) is 0 Å². The highest BCUT2D eigenvalue weighted by atomic mass is 32.1. The first kappa shape index (κ1) is 12.3. The average molecular weight is 320 g/mol. The molecule has 2 heterocycles. The summed E-state index contributed by atoms with van der Waals surface area (Å²) in [7, 11) is 0. The zero-order valence-electron chi connectivity index (χ0n) is 11.6. The molecule has 0 saturated carbocycles. The van der Waals surface area contributed by atoms with Crippen LogP contribution >= 0.6 is 22.7 Å². The standard InChI is InChI=1S/C18H12N2S2/c1-3-7-15-11(5-1)19-13-9-18-14(10-17(13)21-15)20-12-6-2-4-8-16(12)22-18/h1-10,19-20H. The van der Waals surface area contributed by atoms with E-state index in [1.165, 1.54) is 40.9 Å². The van der Waals surface area contributed by atoms with Gasteiger partial charge in [-0.15, -0.1) is 22.7 Å². The van der Waals surface area contributed by atoms with Gasteiger partial charge in [-0.05, 0) is 36.4 Å². The second-order valence-corrected chi connectivity index (χ2v) is 7.46. The predicted octanol–water partition coefficient (Wildman–Crippen LogP) is 6.20. The molecule has 0 aliphatic rings. The summed E-state index contributed by atoms with van der Waals surface area (Å²) >= 11 is 3.65. The van der Waals surface area contributed by atoms with Crippen LogP contribution in [0.1, 0.15) is 0 Å². The molecule has 22 heavy (non-hydrogen) atoms. The Morgan fingerprint density at radius 1 is 0.500 bits per heavy atom. The molecule has 0 fully saturated rings. The van der Waals surface area contributed by atoms with Crippen LogP contribution in [-0.4, -0.2) is 9.97 Å². The monoisotopic (exact) mass is 320 g/mol. The largest absolute Gasteiger partial charge is 0.353 e. The number of fused-ring (bicyclic) bond motifs is 4. The number of rotatable bonds is 0. The molecule has 106 valence electrons. The Bertz CT molecular complexity index is 1000. The summed E-state index contributed by atoms with van der Waals surface area (Å²) in [6, 6.07) is 21.4. The maximum atomic E-state index is 3.55. The first-order valence-corrected chi connectivity index (χ1v) is 8.76. The van der Waals surface area contributed by atoms with Crippen molar-refractivity contribution in [3.8, 4) is 0 Å². The first-order valence-electron chi connectivity index (χ1n) is 7.13. The van der Waals surface area contributed by atoms with Crippen LogP contribution in [0.4, 0.5) is 0 Å². The normalized spacial score (nSPS) is 11.6. The zero-order valence-corrected chi connectivity index (χ0v) is 13.2. The number of hydrogen-bond acceptors (Lipinski definition) is 2. The quantitative estimate of drug-likeness (QED) is 0.318. The fourth-order valence-electron chi connectivity index (χ4n) is 2.77. The van der Waals surface area contributed by atoms with Crippen molar-refractivity contribution in [2.24, 2.45) is 0 Å². The Morgan fingerprint density at radius 2 is 0.955 bits per heavy atom. The number of hydrogen-bond donors (Lipinski definition) is 2. The van der Waals surface area contributed by atoms with Gasteiger partial charge >= 0.3 is 0 Å². The third-order valence-electron chi connectivity index (χ3n) is 3.83. The third kappa shape index (κ3) is 1.85. The topological polar surface area (TPSA) is 31.6 Å². The van der Waals surface area contributed by atoms with E-state index in [9.17, 15) is 0 Å². The van der Waals surface area contributed by atoms with Crippen molar-refractivity contribution in [3.63, 3.8) is 0 Å². The maximum Gasteiger partial charge on any atom is 0.0575 e. The van der Waals surface area contributed by atoms with Gasteiger partial charge in [-0.2, -0.15) is 0 Å². The van der Waals surface area contributed by atoms with Gasteiger partial charge in [0.25, 0.3) is 0 Å². The number of aromatic nitrogens is 2. The summed E-state index contributed by atoms with van der Waals surface area (Å²) in [4.78, 5) is 7.11. The minimum atomic E-state index is 1.19. The Hall–Kier alpha value is -2.30. The van der Waals surface area contributed by atoms with Crippen LogP contribution in [0.15, 0.2) is 60.7 Å². The maximum absolute atomic E-state index is 3.55. The summed E-state index contributed by atoms with van der Waals surface area (Å²) in [5.74, 6) is 0. The van der Waals surface area contributed by atoms with Crippen molar-refractivity contribution in [2.45, 2.75) is 0 Å². The van der Waals surface area contributed by atoms with Crippen molar-refractivity contribution in [1.29, 1.82) is 0 Å². The molecule has 0 aliphatic heterocycles. The number of nitrogens with one attached hydrogen (secondary N) is 2. The smallest absolute Gasteiger partial charge is 0.0575 e. The zero-order chi connectivity index (χ0) is 14.5. The van der Waals surface area contributed by atoms with Crippen LogP contribution in [0, 0.1) is 0 Å². The van der Waals surface area contributed by atoms with Crippen molar-refractivity contribution < 1.29 is 0 Å². The van der Waals surface area contributed by atoms with E-state index in [0.717, 1.165) is 0 Å². The van der Waals surface area contributed by atoms with E-state index >= 15 is 0 Å². The number of H-pyrrole nitrogens is 2. The summed E-state index contributed by atoms with van der Waals surface area (Å²) in [6.07, 6.45) is 0. The molecular weight excluding hydrogens is 308 g/mol. The Balaban J connectivity index is 1.93. The van der Waals surface area contributed by atoms with Gasteiger partial charge in [0.2, 0.25) is 0 Å². The van der Waals surface area contributed by atoms with E-state index in [1.807, 2.05) is 22.7 Å². The minimum Gasteiger partial charge on any atom is -0.353 e. The molecular formula is C18H12N2S2. The molecule has 4 heteroatoms. The molecule has 0 atom stereocenters. The molecule has 2 N–H and O–H groups in total. The average Bonchev–Trinajstić information content (AvgIpc) is 2.56. The van der Waals surface area contributed by atoms with Gasteiger partial charge in [0.15, 0.2) is 0 Å². The molecule has 0 radical (unpaired) electrons. The van der Waals surface area contributed by atoms with E-state index < -0.39 is 0 Å². The fourth-order valence-corrected chi connectivity index (χ4v) is 4.79. The van der Waals surface area contributed by atoms with E-state index in [2.05, 4.69) is 70.6 Å². The molecule has 0 saturated heterocycles. The van der Waals surface area contributed by atoms with E-state index in [-0.39, 0.29) is 0 Å². The fraction of sp³-hybridized carbons (Fsp3) is 0. The van der Waals surface area contributed by atoms with Crippen molar-refractivity contribution in [1.82, 2.24) is 9.97 Å². The van der Waals surface area contributed by atoms with Crippen LogP contribution in [-0.2, 0) is 0 Å². The van der Waals surface area contributed by atoms with Crippen LogP contribution in [0.3, 0.4) is 0 Å². The summed E-state index contributed by atoms with van der Waals surface area (Å²) in [6.45, 7) is 0. The van der Waals surface area contributed by atoms with E-state index in [4.69, 9.17) is 0 Å². The molecule has 3 aromatic carbocycles. The predicted molar refractivity (Wildman–Crippen MR) is 98.5 cm³/mol. The Labute approximate surface area is 134 Å². The lowest BCUT2D eigenvalue weighted by Gasteiger charge is -2.06. The van der Waals surface area contributed by atoms with Gasteiger partial charge in [0, 0.05) is 0 Å². The first-order chi connectivity index (χ1) is 10.9. The summed E-state index contributed by atoms with van der Waals surface area (Å²) < 4.78 is 5.09. The molecule has 2 nitrogen and oxygen atoms in total. The lowest BCUT2D eigenvalue weighted by Crippen LogP contribution is -1.83. The number of benzene rings is 3. The molecule has 0 amide bonds. The second-order valence-electron chi connectivity index (χ2n) is 5.29. The highest BCUT2D eigenvalue weighted by molar-refractivity contribution is 7.25.